The Hall–Kier alpha value is -3.36. The molecule has 7 rings (SSSR count). The zero-order valence-corrected chi connectivity index (χ0v) is 20.1. The summed E-state index contributed by atoms with van der Waals surface area (Å²) in [6.45, 7) is 0.551. The Morgan fingerprint density at radius 1 is 1.14 bits per heavy atom. The summed E-state index contributed by atoms with van der Waals surface area (Å²) in [4.78, 5) is 23.9. The van der Waals surface area contributed by atoms with E-state index >= 15 is 0 Å². The van der Waals surface area contributed by atoms with Crippen LogP contribution in [0.3, 0.4) is 0 Å². The normalized spacial score (nSPS) is 29.1. The molecule has 2 bridgehead atoms. The van der Waals surface area contributed by atoms with Crippen molar-refractivity contribution < 1.29 is 18.3 Å². The van der Waals surface area contributed by atoms with Crippen LogP contribution in [0.4, 0.5) is 8.78 Å². The van der Waals surface area contributed by atoms with Crippen molar-refractivity contribution >= 4 is 5.91 Å². The summed E-state index contributed by atoms with van der Waals surface area (Å²) < 4.78 is 36.1. The molecule has 3 aliphatic carbocycles. The summed E-state index contributed by atoms with van der Waals surface area (Å²) in [5, 5.41) is 4.19. The highest BCUT2D eigenvalue weighted by atomic mass is 19.1. The van der Waals surface area contributed by atoms with Gasteiger partial charge in [0.15, 0.2) is 0 Å². The average Bonchev–Trinajstić information content (AvgIpc) is 3.47. The maximum atomic E-state index is 14.5. The largest absolute Gasteiger partial charge is 0.477 e. The summed E-state index contributed by atoms with van der Waals surface area (Å²) >= 11 is 0. The Morgan fingerprint density at radius 3 is 2.78 bits per heavy atom. The molecule has 3 aromatic rings. The molecule has 1 amide bonds. The fraction of sp³-hybridized carbons (Fsp3) is 0.481. The highest BCUT2D eigenvalue weighted by molar-refractivity contribution is 5.80. The van der Waals surface area contributed by atoms with Crippen LogP contribution < -0.4 is 4.74 Å². The molecule has 1 aliphatic heterocycles. The topological polar surface area (TPSA) is 73.1 Å². The first-order chi connectivity index (χ1) is 17.4. The number of hydrogen-bond donors (Lipinski definition) is 0. The van der Waals surface area contributed by atoms with E-state index in [4.69, 9.17) is 4.74 Å². The number of halogens is 2. The first-order valence-electron chi connectivity index (χ1n) is 12.6. The van der Waals surface area contributed by atoms with Crippen molar-refractivity contribution in [3.05, 3.63) is 60.4 Å². The fourth-order valence-electron chi connectivity index (χ4n) is 6.23. The first kappa shape index (κ1) is 23.1. The second-order valence-corrected chi connectivity index (χ2v) is 10.4. The summed E-state index contributed by atoms with van der Waals surface area (Å²) in [6, 6.07) is 7.58. The lowest BCUT2D eigenvalue weighted by Crippen LogP contribution is -2.50. The molecule has 1 saturated heterocycles. The number of rotatable bonds is 6. The van der Waals surface area contributed by atoms with Gasteiger partial charge in [0.2, 0.25) is 11.8 Å². The van der Waals surface area contributed by atoms with Crippen molar-refractivity contribution in [2.24, 2.45) is 30.7 Å². The number of alkyl halides is 1. The van der Waals surface area contributed by atoms with Crippen LogP contribution in [0, 0.1) is 29.5 Å². The number of amides is 1. The Bertz CT molecular complexity index is 1260. The van der Waals surface area contributed by atoms with Crippen molar-refractivity contribution in [2.75, 3.05) is 13.2 Å². The quantitative estimate of drug-likeness (QED) is 0.510. The Kier molecular flexibility index (Phi) is 5.93. The van der Waals surface area contributed by atoms with Gasteiger partial charge in [-0.1, -0.05) is 12.1 Å². The Balaban J connectivity index is 1.13. The summed E-state index contributed by atoms with van der Waals surface area (Å²) in [5.74, 6) is 1.08. The first-order valence-corrected chi connectivity index (χ1v) is 12.6. The maximum Gasteiger partial charge on any atom is 0.226 e. The summed E-state index contributed by atoms with van der Waals surface area (Å²) in [7, 11) is 1.85. The average molecular weight is 494 g/mol. The number of nitrogens with zero attached hydrogens (tertiary/aromatic N) is 5. The van der Waals surface area contributed by atoms with Gasteiger partial charge in [-0.15, -0.1) is 0 Å². The SMILES string of the molecule is Cn1cc(-c2cc(OCC3C[C@H](C(=O)N4CC(F)CC4c4cccc(F)c4)C4CC3C4)ncn2)cn1. The van der Waals surface area contributed by atoms with Crippen molar-refractivity contribution in [3.63, 3.8) is 0 Å². The molecule has 0 N–H and O–H groups in total. The minimum atomic E-state index is -1.09. The van der Waals surface area contributed by atoms with Gasteiger partial charge in [-0.05, 0) is 54.7 Å². The third-order valence-electron chi connectivity index (χ3n) is 8.18. The monoisotopic (exact) mass is 493 g/mol. The third-order valence-corrected chi connectivity index (χ3v) is 8.18. The molecular formula is C27H29F2N5O2. The number of fused-ring (bicyclic) bond motifs is 2. The minimum absolute atomic E-state index is 0.00142. The van der Waals surface area contributed by atoms with E-state index in [1.807, 2.05) is 13.2 Å². The van der Waals surface area contributed by atoms with Gasteiger partial charge < -0.3 is 9.64 Å². The molecule has 3 heterocycles. The molecule has 2 aromatic heterocycles. The fourth-order valence-corrected chi connectivity index (χ4v) is 6.23. The van der Waals surface area contributed by atoms with Gasteiger partial charge in [-0.3, -0.25) is 9.48 Å². The smallest absolute Gasteiger partial charge is 0.226 e. The van der Waals surface area contributed by atoms with Gasteiger partial charge in [-0.2, -0.15) is 5.10 Å². The molecule has 3 saturated carbocycles. The molecule has 0 spiro atoms. The summed E-state index contributed by atoms with van der Waals surface area (Å²) in [6.07, 6.45) is 6.94. The summed E-state index contributed by atoms with van der Waals surface area (Å²) in [5.41, 5.74) is 2.30. The molecule has 1 aromatic carbocycles. The van der Waals surface area contributed by atoms with Crippen LogP contribution in [-0.4, -0.2) is 49.9 Å². The van der Waals surface area contributed by atoms with Crippen LogP contribution in [0.25, 0.3) is 11.3 Å². The van der Waals surface area contributed by atoms with E-state index in [-0.39, 0.29) is 36.5 Å². The van der Waals surface area contributed by atoms with Gasteiger partial charge in [0.1, 0.15) is 18.3 Å². The lowest BCUT2D eigenvalue weighted by molar-refractivity contribution is -0.147. The number of benzene rings is 1. The van der Waals surface area contributed by atoms with Crippen LogP contribution in [0.5, 0.6) is 5.88 Å². The van der Waals surface area contributed by atoms with Gasteiger partial charge in [0.05, 0.1) is 31.1 Å². The van der Waals surface area contributed by atoms with E-state index in [1.165, 1.54) is 18.5 Å². The molecule has 0 radical (unpaired) electrons. The molecular weight excluding hydrogens is 464 g/mol. The van der Waals surface area contributed by atoms with Gasteiger partial charge in [-0.25, -0.2) is 18.7 Å². The Labute approximate surface area is 208 Å². The molecule has 188 valence electrons. The second kappa shape index (κ2) is 9.26. The molecule has 9 heteroatoms. The molecule has 3 unspecified atom stereocenters. The van der Waals surface area contributed by atoms with Gasteiger partial charge in [0, 0.05) is 37.2 Å². The highest BCUT2D eigenvalue weighted by Gasteiger charge is 2.51. The van der Waals surface area contributed by atoms with Crippen LogP contribution in [-0.2, 0) is 11.8 Å². The van der Waals surface area contributed by atoms with Crippen molar-refractivity contribution in [1.82, 2.24) is 24.6 Å². The van der Waals surface area contributed by atoms with E-state index in [2.05, 4.69) is 15.1 Å². The predicted molar refractivity (Wildman–Crippen MR) is 128 cm³/mol. The maximum absolute atomic E-state index is 14.5. The number of carbonyl (C=O) groups is 1. The molecule has 36 heavy (non-hydrogen) atoms. The number of carbonyl (C=O) groups excluding carboxylic acids is 1. The van der Waals surface area contributed by atoms with Crippen molar-refractivity contribution in [1.29, 1.82) is 0 Å². The van der Waals surface area contributed by atoms with Gasteiger partial charge in [0.25, 0.3) is 0 Å². The van der Waals surface area contributed by atoms with E-state index in [0.29, 0.717) is 29.9 Å². The molecule has 4 atom stereocenters. The second-order valence-electron chi connectivity index (χ2n) is 10.4. The predicted octanol–water partition coefficient (Wildman–Crippen LogP) is 4.37. The number of likely N-dealkylation sites (tertiary alicyclic amines) is 1. The van der Waals surface area contributed by atoms with Crippen LogP contribution in [0.2, 0.25) is 0 Å². The van der Waals surface area contributed by atoms with Crippen LogP contribution in [0.1, 0.15) is 37.3 Å². The van der Waals surface area contributed by atoms with E-state index in [1.54, 1.807) is 34.0 Å². The van der Waals surface area contributed by atoms with Crippen molar-refractivity contribution in [2.45, 2.75) is 37.9 Å². The van der Waals surface area contributed by atoms with Gasteiger partial charge >= 0.3 is 0 Å². The van der Waals surface area contributed by atoms with E-state index in [0.717, 1.165) is 30.5 Å². The molecule has 4 fully saturated rings. The lowest BCUT2D eigenvalue weighted by Gasteiger charge is -2.51. The molecule has 7 nitrogen and oxygen atoms in total. The Morgan fingerprint density at radius 2 is 2.00 bits per heavy atom. The number of aromatic nitrogens is 4. The van der Waals surface area contributed by atoms with Crippen LogP contribution >= 0.6 is 0 Å². The van der Waals surface area contributed by atoms with Crippen LogP contribution in [0.15, 0.2) is 49.1 Å². The van der Waals surface area contributed by atoms with Crippen molar-refractivity contribution in [3.8, 4) is 17.1 Å². The lowest BCUT2D eigenvalue weighted by atomic mass is 9.55. The third kappa shape index (κ3) is 4.35. The standard InChI is InChI=1S/C27H29F2N5O2/c1-33-12-20(11-32-33)24-10-26(31-15-30-24)36-14-19-8-23(18-5-17(19)6-18)27(35)34-13-22(29)9-25(34)16-3-2-4-21(28)7-16/h2-4,7,10-12,15,17-19,22-23,25H,5-6,8-9,13-14H2,1H3/t17?,18?,19?,22?,23-,25?/m0/s1. The minimum Gasteiger partial charge on any atom is -0.477 e. The highest BCUT2D eigenvalue weighted by Crippen LogP contribution is 2.53. The number of hydrogen-bond acceptors (Lipinski definition) is 5. The number of aryl methyl sites for hydroxylation is 1. The zero-order chi connectivity index (χ0) is 24.8. The van der Waals surface area contributed by atoms with E-state index < -0.39 is 12.2 Å². The van der Waals surface area contributed by atoms with E-state index in [9.17, 15) is 13.6 Å². The zero-order valence-electron chi connectivity index (χ0n) is 20.1. The number of ether oxygens (including phenoxy) is 1. The molecule has 4 aliphatic rings.